The Morgan fingerprint density at radius 1 is 1.58 bits per heavy atom. The lowest BCUT2D eigenvalue weighted by molar-refractivity contribution is -0.141. The zero-order valence-electron chi connectivity index (χ0n) is 11.3. The Labute approximate surface area is 125 Å². The van der Waals surface area contributed by atoms with Gasteiger partial charge in [0, 0.05) is 50.7 Å². The van der Waals surface area contributed by atoms with E-state index in [2.05, 4.69) is 5.32 Å². The van der Waals surface area contributed by atoms with E-state index in [-0.39, 0.29) is 24.4 Å². The van der Waals surface area contributed by atoms with Crippen molar-refractivity contribution in [3.05, 3.63) is 0 Å². The molecule has 0 aliphatic carbocycles. The van der Waals surface area contributed by atoms with Crippen LogP contribution in [-0.2, 0) is 14.3 Å². The molecule has 19 heavy (non-hydrogen) atoms. The number of hydrogen-bond acceptors (Lipinski definition) is 5. The van der Waals surface area contributed by atoms with Crippen molar-refractivity contribution in [3.8, 4) is 0 Å². The van der Waals surface area contributed by atoms with Gasteiger partial charge in [-0.3, -0.25) is 4.79 Å². The van der Waals surface area contributed by atoms with E-state index < -0.39 is 0 Å². The molecule has 2 fully saturated rings. The van der Waals surface area contributed by atoms with Gasteiger partial charge in [0.1, 0.15) is 0 Å². The van der Waals surface area contributed by atoms with Crippen LogP contribution in [0.1, 0.15) is 6.42 Å². The SMILES string of the molecule is COCC1CN(C(=O)CC2CSCCN2)CCO1.Cl. The highest BCUT2D eigenvalue weighted by atomic mass is 35.5. The summed E-state index contributed by atoms with van der Waals surface area (Å²) in [7, 11) is 1.66. The highest BCUT2D eigenvalue weighted by Crippen LogP contribution is 2.13. The summed E-state index contributed by atoms with van der Waals surface area (Å²) in [4.78, 5) is 14.1. The van der Waals surface area contributed by atoms with Crippen LogP contribution in [-0.4, -0.2) is 74.4 Å². The minimum atomic E-state index is 0. The van der Waals surface area contributed by atoms with Gasteiger partial charge < -0.3 is 19.7 Å². The molecule has 0 spiro atoms. The molecule has 2 aliphatic rings. The van der Waals surface area contributed by atoms with Gasteiger partial charge in [-0.05, 0) is 0 Å². The summed E-state index contributed by atoms with van der Waals surface area (Å²) in [6.07, 6.45) is 0.633. The molecule has 0 bridgehead atoms. The van der Waals surface area contributed by atoms with Crippen molar-refractivity contribution in [3.63, 3.8) is 0 Å². The molecule has 0 saturated carbocycles. The predicted molar refractivity (Wildman–Crippen MR) is 79.2 cm³/mol. The van der Waals surface area contributed by atoms with Gasteiger partial charge in [-0.15, -0.1) is 12.4 Å². The number of nitrogens with one attached hydrogen (secondary N) is 1. The monoisotopic (exact) mass is 310 g/mol. The second kappa shape index (κ2) is 9.02. The van der Waals surface area contributed by atoms with Gasteiger partial charge in [0.15, 0.2) is 0 Å². The van der Waals surface area contributed by atoms with Crippen LogP contribution < -0.4 is 5.32 Å². The first-order valence-electron chi connectivity index (χ1n) is 6.49. The van der Waals surface area contributed by atoms with Gasteiger partial charge in [-0.1, -0.05) is 0 Å². The van der Waals surface area contributed by atoms with Crippen molar-refractivity contribution < 1.29 is 14.3 Å². The van der Waals surface area contributed by atoms with E-state index in [1.807, 2.05) is 16.7 Å². The molecule has 0 aromatic carbocycles. The van der Waals surface area contributed by atoms with Crippen molar-refractivity contribution in [1.29, 1.82) is 0 Å². The van der Waals surface area contributed by atoms with E-state index in [9.17, 15) is 4.79 Å². The normalized spacial score (nSPS) is 27.7. The maximum atomic E-state index is 12.2. The Bertz CT molecular complexity index is 276. The highest BCUT2D eigenvalue weighted by Gasteiger charge is 2.26. The van der Waals surface area contributed by atoms with Gasteiger partial charge in [0.05, 0.1) is 19.3 Å². The van der Waals surface area contributed by atoms with Crippen molar-refractivity contribution in [2.45, 2.75) is 18.6 Å². The van der Waals surface area contributed by atoms with Crippen LogP contribution in [0.3, 0.4) is 0 Å². The molecule has 1 N–H and O–H groups in total. The maximum Gasteiger partial charge on any atom is 0.224 e. The van der Waals surface area contributed by atoms with Crippen molar-refractivity contribution in [2.24, 2.45) is 0 Å². The number of rotatable bonds is 4. The summed E-state index contributed by atoms with van der Waals surface area (Å²) in [6.45, 7) is 3.55. The van der Waals surface area contributed by atoms with Crippen LogP contribution in [0.2, 0.25) is 0 Å². The molecule has 2 rings (SSSR count). The fourth-order valence-electron chi connectivity index (χ4n) is 2.32. The molecule has 0 aromatic heterocycles. The Balaban J connectivity index is 0.00000180. The number of thioether (sulfide) groups is 1. The summed E-state index contributed by atoms with van der Waals surface area (Å²) in [6, 6.07) is 0.333. The molecule has 2 heterocycles. The molecule has 2 aliphatic heterocycles. The third-order valence-corrected chi connectivity index (χ3v) is 4.39. The number of carbonyl (C=O) groups excluding carboxylic acids is 1. The van der Waals surface area contributed by atoms with Crippen LogP contribution >= 0.6 is 24.2 Å². The first kappa shape index (κ1) is 17.0. The zero-order valence-corrected chi connectivity index (χ0v) is 12.9. The largest absolute Gasteiger partial charge is 0.382 e. The average Bonchev–Trinajstić information content (AvgIpc) is 2.40. The first-order chi connectivity index (χ1) is 8.79. The van der Waals surface area contributed by atoms with E-state index in [4.69, 9.17) is 9.47 Å². The zero-order chi connectivity index (χ0) is 12.8. The predicted octanol–water partition coefficient (Wildman–Crippen LogP) is 0.377. The molecule has 0 radical (unpaired) electrons. The number of halogens is 1. The Morgan fingerprint density at radius 2 is 2.42 bits per heavy atom. The lowest BCUT2D eigenvalue weighted by atomic mass is 10.2. The molecule has 2 atom stereocenters. The van der Waals surface area contributed by atoms with E-state index in [1.54, 1.807) is 7.11 Å². The Morgan fingerprint density at radius 3 is 3.11 bits per heavy atom. The van der Waals surface area contributed by atoms with Gasteiger partial charge >= 0.3 is 0 Å². The quantitative estimate of drug-likeness (QED) is 0.813. The van der Waals surface area contributed by atoms with Gasteiger partial charge in [0.2, 0.25) is 5.91 Å². The second-order valence-electron chi connectivity index (χ2n) is 4.72. The summed E-state index contributed by atoms with van der Waals surface area (Å²) in [5.41, 5.74) is 0. The molecule has 0 aromatic rings. The molecular formula is C12H23ClN2O3S. The van der Waals surface area contributed by atoms with E-state index >= 15 is 0 Å². The summed E-state index contributed by atoms with van der Waals surface area (Å²) in [5.74, 6) is 2.43. The average molecular weight is 311 g/mol. The van der Waals surface area contributed by atoms with Gasteiger partial charge in [-0.2, -0.15) is 11.8 Å². The topological polar surface area (TPSA) is 50.8 Å². The van der Waals surface area contributed by atoms with E-state index in [0.717, 1.165) is 18.1 Å². The number of carbonyl (C=O) groups is 1. The van der Waals surface area contributed by atoms with Crippen molar-refractivity contribution in [1.82, 2.24) is 10.2 Å². The number of morpholine rings is 1. The summed E-state index contributed by atoms with van der Waals surface area (Å²) < 4.78 is 10.6. The van der Waals surface area contributed by atoms with Gasteiger partial charge in [0.25, 0.3) is 0 Å². The van der Waals surface area contributed by atoms with Crippen molar-refractivity contribution in [2.75, 3.05) is 51.5 Å². The number of methoxy groups -OCH3 is 1. The van der Waals surface area contributed by atoms with Crippen LogP contribution in [0.5, 0.6) is 0 Å². The van der Waals surface area contributed by atoms with Crippen LogP contribution in [0, 0.1) is 0 Å². The number of nitrogens with zero attached hydrogens (tertiary/aromatic N) is 1. The summed E-state index contributed by atoms with van der Waals surface area (Å²) in [5, 5.41) is 3.40. The Hall–Kier alpha value is -0.0100. The third kappa shape index (κ3) is 5.47. The smallest absolute Gasteiger partial charge is 0.224 e. The number of amides is 1. The fraction of sp³-hybridized carbons (Fsp3) is 0.917. The first-order valence-corrected chi connectivity index (χ1v) is 7.64. The molecule has 2 unspecified atom stereocenters. The molecule has 7 heteroatoms. The lowest BCUT2D eigenvalue weighted by Crippen LogP contribution is -2.49. The molecule has 112 valence electrons. The molecule has 1 amide bonds. The fourth-order valence-corrected chi connectivity index (χ4v) is 3.27. The number of ether oxygens (including phenoxy) is 2. The lowest BCUT2D eigenvalue weighted by Gasteiger charge is -2.34. The molecule has 2 saturated heterocycles. The second-order valence-corrected chi connectivity index (χ2v) is 5.87. The standard InChI is InChI=1S/C12H22N2O3S.ClH/c1-16-8-11-7-14(3-4-17-11)12(15)6-10-9-18-5-2-13-10;/h10-11,13H,2-9H2,1H3;1H. The minimum absolute atomic E-state index is 0. The van der Waals surface area contributed by atoms with Crippen LogP contribution in [0.4, 0.5) is 0 Å². The number of hydrogen-bond donors (Lipinski definition) is 1. The minimum Gasteiger partial charge on any atom is -0.382 e. The van der Waals surface area contributed by atoms with Crippen molar-refractivity contribution >= 4 is 30.1 Å². The van der Waals surface area contributed by atoms with Crippen LogP contribution in [0.25, 0.3) is 0 Å². The van der Waals surface area contributed by atoms with E-state index in [0.29, 0.717) is 38.8 Å². The molecule has 5 nitrogen and oxygen atoms in total. The molecular weight excluding hydrogens is 288 g/mol. The highest BCUT2D eigenvalue weighted by molar-refractivity contribution is 7.99. The van der Waals surface area contributed by atoms with Gasteiger partial charge in [-0.25, -0.2) is 0 Å². The van der Waals surface area contributed by atoms with Crippen LogP contribution in [0.15, 0.2) is 0 Å². The Kier molecular flexibility index (Phi) is 8.09. The summed E-state index contributed by atoms with van der Waals surface area (Å²) >= 11 is 1.92. The third-order valence-electron chi connectivity index (χ3n) is 3.26. The van der Waals surface area contributed by atoms with E-state index in [1.165, 1.54) is 0 Å². The maximum absolute atomic E-state index is 12.2.